The number of aryl methyl sites for hydroxylation is 1. The molecule has 0 unspecified atom stereocenters. The fourth-order valence-electron chi connectivity index (χ4n) is 2.43. The Morgan fingerprint density at radius 2 is 1.89 bits per heavy atom. The molecule has 19 heavy (non-hydrogen) atoms. The summed E-state index contributed by atoms with van der Waals surface area (Å²) < 4.78 is 2.25. The molecule has 1 amide bonds. The Morgan fingerprint density at radius 3 is 2.53 bits per heavy atom. The third-order valence-corrected chi connectivity index (χ3v) is 3.32. The Kier molecular flexibility index (Phi) is 4.05. The summed E-state index contributed by atoms with van der Waals surface area (Å²) >= 11 is 0. The summed E-state index contributed by atoms with van der Waals surface area (Å²) in [6.07, 6.45) is 0.867. The van der Waals surface area contributed by atoms with E-state index >= 15 is 0 Å². The first-order chi connectivity index (χ1) is 9.09. The van der Waals surface area contributed by atoms with Crippen molar-refractivity contribution in [1.29, 1.82) is 0 Å². The van der Waals surface area contributed by atoms with Crippen LogP contribution < -0.4 is 5.32 Å². The van der Waals surface area contributed by atoms with Gasteiger partial charge in [-0.3, -0.25) is 4.79 Å². The van der Waals surface area contributed by atoms with Crippen molar-refractivity contribution in [3.8, 4) is 5.69 Å². The van der Waals surface area contributed by atoms with Gasteiger partial charge in [-0.2, -0.15) is 0 Å². The molecule has 0 aliphatic carbocycles. The smallest absolute Gasteiger partial charge is 0.216 e. The molecule has 0 fully saturated rings. The SMILES string of the molecule is CC(=O)NCCc1cc(C)n(-c2ccccc2)c1C. The minimum atomic E-state index is 0.0249. The van der Waals surface area contributed by atoms with E-state index in [0.717, 1.165) is 6.42 Å². The average Bonchev–Trinajstić information content (AvgIpc) is 2.65. The molecular weight excluding hydrogens is 236 g/mol. The van der Waals surface area contributed by atoms with Gasteiger partial charge in [0.25, 0.3) is 0 Å². The highest BCUT2D eigenvalue weighted by Gasteiger charge is 2.10. The number of para-hydroxylation sites is 1. The van der Waals surface area contributed by atoms with Crippen LogP contribution in [0.15, 0.2) is 36.4 Å². The Balaban J connectivity index is 2.23. The molecule has 0 aliphatic rings. The molecule has 0 spiro atoms. The molecule has 0 saturated carbocycles. The van der Waals surface area contributed by atoms with E-state index in [0.29, 0.717) is 6.54 Å². The second-order valence-electron chi connectivity index (χ2n) is 4.80. The van der Waals surface area contributed by atoms with Crippen molar-refractivity contribution in [3.63, 3.8) is 0 Å². The number of rotatable bonds is 4. The monoisotopic (exact) mass is 256 g/mol. The Hall–Kier alpha value is -2.03. The molecule has 100 valence electrons. The van der Waals surface area contributed by atoms with Gasteiger partial charge in [0.2, 0.25) is 5.91 Å². The quantitative estimate of drug-likeness (QED) is 0.896. The number of nitrogens with zero attached hydrogens (tertiary/aromatic N) is 1. The standard InChI is InChI=1S/C16H20N2O/c1-12-11-15(9-10-17-14(3)19)13(2)18(12)16-7-5-4-6-8-16/h4-8,11H,9-10H2,1-3H3,(H,17,19). The van der Waals surface area contributed by atoms with E-state index in [1.165, 1.54) is 22.6 Å². The summed E-state index contributed by atoms with van der Waals surface area (Å²) in [5, 5.41) is 2.84. The fourth-order valence-corrected chi connectivity index (χ4v) is 2.43. The van der Waals surface area contributed by atoms with Gasteiger partial charge in [0, 0.05) is 30.5 Å². The first-order valence-electron chi connectivity index (χ1n) is 6.57. The van der Waals surface area contributed by atoms with Crippen LogP contribution in [-0.4, -0.2) is 17.0 Å². The largest absolute Gasteiger partial charge is 0.356 e. The van der Waals surface area contributed by atoms with Gasteiger partial charge in [0.1, 0.15) is 0 Å². The Labute approximate surface area is 114 Å². The van der Waals surface area contributed by atoms with Gasteiger partial charge in [-0.05, 0) is 44.0 Å². The average molecular weight is 256 g/mol. The predicted molar refractivity (Wildman–Crippen MR) is 77.6 cm³/mol. The molecule has 3 nitrogen and oxygen atoms in total. The van der Waals surface area contributed by atoms with Crippen LogP contribution in [0.5, 0.6) is 0 Å². The summed E-state index contributed by atoms with van der Waals surface area (Å²) in [5.74, 6) is 0.0249. The summed E-state index contributed by atoms with van der Waals surface area (Å²) in [7, 11) is 0. The maximum atomic E-state index is 10.9. The van der Waals surface area contributed by atoms with Crippen molar-refractivity contribution >= 4 is 5.91 Å². The lowest BCUT2D eigenvalue weighted by Crippen LogP contribution is -2.22. The van der Waals surface area contributed by atoms with Crippen LogP contribution >= 0.6 is 0 Å². The molecule has 2 aromatic rings. The molecule has 0 radical (unpaired) electrons. The highest BCUT2D eigenvalue weighted by Crippen LogP contribution is 2.20. The highest BCUT2D eigenvalue weighted by molar-refractivity contribution is 5.72. The van der Waals surface area contributed by atoms with Crippen LogP contribution in [0.2, 0.25) is 0 Å². The number of carbonyl (C=O) groups is 1. The molecular formula is C16H20N2O. The van der Waals surface area contributed by atoms with Crippen LogP contribution in [0, 0.1) is 13.8 Å². The van der Waals surface area contributed by atoms with Gasteiger partial charge in [0.15, 0.2) is 0 Å². The highest BCUT2D eigenvalue weighted by atomic mass is 16.1. The Morgan fingerprint density at radius 1 is 1.21 bits per heavy atom. The summed E-state index contributed by atoms with van der Waals surface area (Å²) in [6, 6.07) is 12.5. The zero-order valence-corrected chi connectivity index (χ0v) is 11.7. The van der Waals surface area contributed by atoms with Crippen molar-refractivity contribution in [3.05, 3.63) is 53.3 Å². The van der Waals surface area contributed by atoms with Gasteiger partial charge in [-0.25, -0.2) is 0 Å². The topological polar surface area (TPSA) is 34.0 Å². The predicted octanol–water partition coefficient (Wildman–Crippen LogP) is 2.77. The fraction of sp³-hybridized carbons (Fsp3) is 0.312. The van der Waals surface area contributed by atoms with E-state index in [2.05, 4.69) is 41.9 Å². The zero-order chi connectivity index (χ0) is 13.8. The van der Waals surface area contributed by atoms with Gasteiger partial charge in [-0.1, -0.05) is 18.2 Å². The molecule has 1 N–H and O–H groups in total. The number of aromatic nitrogens is 1. The lowest BCUT2D eigenvalue weighted by molar-refractivity contribution is -0.118. The minimum Gasteiger partial charge on any atom is -0.356 e. The van der Waals surface area contributed by atoms with Crippen LogP contribution in [0.3, 0.4) is 0 Å². The number of nitrogens with one attached hydrogen (secondary N) is 1. The number of hydrogen-bond acceptors (Lipinski definition) is 1. The van der Waals surface area contributed by atoms with E-state index in [1.54, 1.807) is 6.92 Å². The summed E-state index contributed by atoms with van der Waals surface area (Å²) in [6.45, 7) is 6.48. The van der Waals surface area contributed by atoms with Crippen LogP contribution in [0.4, 0.5) is 0 Å². The van der Waals surface area contributed by atoms with Gasteiger partial charge >= 0.3 is 0 Å². The molecule has 0 saturated heterocycles. The molecule has 2 rings (SSSR count). The van der Waals surface area contributed by atoms with Crippen LogP contribution in [-0.2, 0) is 11.2 Å². The first kappa shape index (κ1) is 13.4. The van der Waals surface area contributed by atoms with Gasteiger partial charge in [-0.15, -0.1) is 0 Å². The van der Waals surface area contributed by atoms with Crippen molar-refractivity contribution in [2.24, 2.45) is 0 Å². The van der Waals surface area contributed by atoms with Gasteiger partial charge in [0.05, 0.1) is 0 Å². The summed E-state index contributed by atoms with van der Waals surface area (Å²) in [4.78, 5) is 10.9. The second kappa shape index (κ2) is 5.74. The molecule has 1 heterocycles. The molecule has 1 aromatic carbocycles. The maximum absolute atomic E-state index is 10.9. The first-order valence-corrected chi connectivity index (χ1v) is 6.57. The van der Waals surface area contributed by atoms with E-state index in [9.17, 15) is 4.79 Å². The Bertz CT molecular complexity index is 570. The number of carbonyl (C=O) groups excluding carboxylic acids is 1. The minimum absolute atomic E-state index is 0.0249. The molecule has 0 atom stereocenters. The zero-order valence-electron chi connectivity index (χ0n) is 11.7. The van der Waals surface area contributed by atoms with Crippen molar-refractivity contribution < 1.29 is 4.79 Å². The van der Waals surface area contributed by atoms with E-state index in [1.807, 2.05) is 18.2 Å². The number of benzene rings is 1. The summed E-state index contributed by atoms with van der Waals surface area (Å²) in [5.41, 5.74) is 4.94. The van der Waals surface area contributed by atoms with Gasteiger partial charge < -0.3 is 9.88 Å². The van der Waals surface area contributed by atoms with E-state index < -0.39 is 0 Å². The van der Waals surface area contributed by atoms with Crippen LogP contribution in [0.25, 0.3) is 5.69 Å². The third kappa shape index (κ3) is 3.05. The molecule has 0 aliphatic heterocycles. The van der Waals surface area contributed by atoms with Crippen molar-refractivity contribution in [1.82, 2.24) is 9.88 Å². The van der Waals surface area contributed by atoms with Crippen molar-refractivity contribution in [2.45, 2.75) is 27.2 Å². The van der Waals surface area contributed by atoms with Crippen LogP contribution in [0.1, 0.15) is 23.9 Å². The normalized spacial score (nSPS) is 10.5. The molecule has 1 aromatic heterocycles. The maximum Gasteiger partial charge on any atom is 0.216 e. The molecule has 0 bridgehead atoms. The van der Waals surface area contributed by atoms with E-state index in [-0.39, 0.29) is 5.91 Å². The van der Waals surface area contributed by atoms with E-state index in [4.69, 9.17) is 0 Å². The lowest BCUT2D eigenvalue weighted by Gasteiger charge is -2.10. The third-order valence-electron chi connectivity index (χ3n) is 3.32. The lowest BCUT2D eigenvalue weighted by atomic mass is 10.2. The number of hydrogen-bond donors (Lipinski definition) is 1. The number of amides is 1. The van der Waals surface area contributed by atoms with Crippen molar-refractivity contribution in [2.75, 3.05) is 6.54 Å². The second-order valence-corrected chi connectivity index (χ2v) is 4.80. The molecule has 3 heteroatoms.